The van der Waals surface area contributed by atoms with E-state index in [4.69, 9.17) is 0 Å². The molecular weight excluding hydrogens is 258 g/mol. The van der Waals surface area contributed by atoms with E-state index in [0.717, 1.165) is 22.3 Å². The predicted molar refractivity (Wildman–Crippen MR) is 76.5 cm³/mol. The van der Waals surface area contributed by atoms with Gasteiger partial charge in [0.15, 0.2) is 5.82 Å². The number of hydrogen-bond acceptors (Lipinski definition) is 5. The van der Waals surface area contributed by atoms with E-state index in [1.165, 1.54) is 25.7 Å². The van der Waals surface area contributed by atoms with Crippen molar-refractivity contribution < 1.29 is 0 Å². The highest BCUT2D eigenvalue weighted by atomic mass is 32.1. The van der Waals surface area contributed by atoms with Gasteiger partial charge in [0.05, 0.1) is 0 Å². The molecule has 1 aliphatic carbocycles. The Kier molecular flexibility index (Phi) is 3.30. The van der Waals surface area contributed by atoms with E-state index in [-0.39, 0.29) is 5.41 Å². The molecule has 1 aliphatic rings. The molecule has 0 saturated heterocycles. The quantitative estimate of drug-likeness (QED) is 0.938. The topological polar surface area (TPSA) is 55.1 Å². The molecule has 0 aliphatic heterocycles. The van der Waals surface area contributed by atoms with Gasteiger partial charge in [-0.3, -0.25) is 0 Å². The Morgan fingerprint density at radius 1 is 1.26 bits per heavy atom. The molecule has 0 atom stereocenters. The summed E-state index contributed by atoms with van der Waals surface area (Å²) < 4.78 is 1.90. The fourth-order valence-corrected chi connectivity index (χ4v) is 3.34. The van der Waals surface area contributed by atoms with Crippen LogP contribution in [-0.4, -0.2) is 25.9 Å². The van der Waals surface area contributed by atoms with E-state index in [1.54, 1.807) is 11.3 Å². The van der Waals surface area contributed by atoms with E-state index < -0.39 is 0 Å². The maximum Gasteiger partial charge on any atom is 0.234 e. The lowest BCUT2D eigenvalue weighted by Crippen LogP contribution is -2.25. The SMILES string of the molecule is CC(C)(C)c1nnc2sc(CNC3CCCC3)nn12. The van der Waals surface area contributed by atoms with Gasteiger partial charge in [-0.2, -0.15) is 9.61 Å². The normalized spacial score (nSPS) is 17.6. The van der Waals surface area contributed by atoms with Gasteiger partial charge in [0.25, 0.3) is 0 Å². The molecule has 5 nitrogen and oxygen atoms in total. The molecule has 1 saturated carbocycles. The lowest BCUT2D eigenvalue weighted by Gasteiger charge is -2.13. The fraction of sp³-hybridized carbons (Fsp3) is 0.769. The highest BCUT2D eigenvalue weighted by Gasteiger charge is 2.23. The molecule has 0 spiro atoms. The molecule has 0 amide bonds. The van der Waals surface area contributed by atoms with Crippen LogP contribution in [0.5, 0.6) is 0 Å². The van der Waals surface area contributed by atoms with Crippen LogP contribution in [0.4, 0.5) is 0 Å². The lowest BCUT2D eigenvalue weighted by molar-refractivity contribution is 0.510. The standard InChI is InChI=1S/C13H21N5S/c1-13(2,3)11-15-16-12-18(11)17-10(19-12)8-14-9-6-4-5-7-9/h9,14H,4-8H2,1-3H3. The van der Waals surface area contributed by atoms with Crippen molar-refractivity contribution in [1.29, 1.82) is 0 Å². The zero-order chi connectivity index (χ0) is 13.5. The van der Waals surface area contributed by atoms with Gasteiger partial charge in [0.2, 0.25) is 4.96 Å². The summed E-state index contributed by atoms with van der Waals surface area (Å²) in [5.41, 5.74) is -0.0242. The number of nitrogens with one attached hydrogen (secondary N) is 1. The van der Waals surface area contributed by atoms with Crippen LogP contribution in [-0.2, 0) is 12.0 Å². The molecule has 19 heavy (non-hydrogen) atoms. The first-order chi connectivity index (χ1) is 9.04. The minimum atomic E-state index is -0.0242. The molecule has 0 bridgehead atoms. The maximum atomic E-state index is 4.65. The highest BCUT2D eigenvalue weighted by Crippen LogP contribution is 2.24. The Morgan fingerprint density at radius 3 is 2.68 bits per heavy atom. The van der Waals surface area contributed by atoms with Gasteiger partial charge in [-0.15, -0.1) is 10.2 Å². The van der Waals surface area contributed by atoms with E-state index in [9.17, 15) is 0 Å². The minimum Gasteiger partial charge on any atom is -0.308 e. The van der Waals surface area contributed by atoms with Gasteiger partial charge in [0.1, 0.15) is 5.01 Å². The third-order valence-electron chi connectivity index (χ3n) is 3.60. The van der Waals surface area contributed by atoms with E-state index in [2.05, 4.69) is 41.4 Å². The summed E-state index contributed by atoms with van der Waals surface area (Å²) in [7, 11) is 0. The zero-order valence-electron chi connectivity index (χ0n) is 11.8. The van der Waals surface area contributed by atoms with Crippen molar-refractivity contribution in [3.8, 4) is 0 Å². The maximum absolute atomic E-state index is 4.65. The fourth-order valence-electron chi connectivity index (χ4n) is 2.56. The van der Waals surface area contributed by atoms with Crippen molar-refractivity contribution in [3.63, 3.8) is 0 Å². The second-order valence-corrected chi connectivity index (χ2v) is 7.37. The number of rotatable bonds is 3. The summed E-state index contributed by atoms with van der Waals surface area (Å²) >= 11 is 1.63. The smallest absolute Gasteiger partial charge is 0.234 e. The van der Waals surface area contributed by atoms with Crippen LogP contribution < -0.4 is 5.32 Å². The summed E-state index contributed by atoms with van der Waals surface area (Å²) in [5, 5.41) is 17.8. The molecule has 0 unspecified atom stereocenters. The summed E-state index contributed by atoms with van der Waals surface area (Å²) in [5.74, 6) is 0.936. The van der Waals surface area contributed by atoms with Crippen LogP contribution in [0, 0.1) is 0 Å². The molecule has 2 aromatic heterocycles. The van der Waals surface area contributed by atoms with Gasteiger partial charge in [-0.25, -0.2) is 0 Å². The monoisotopic (exact) mass is 279 g/mol. The molecule has 104 valence electrons. The summed E-state index contributed by atoms with van der Waals surface area (Å²) in [6.07, 6.45) is 5.32. The molecule has 2 aromatic rings. The van der Waals surface area contributed by atoms with Gasteiger partial charge < -0.3 is 5.32 Å². The van der Waals surface area contributed by atoms with Crippen molar-refractivity contribution in [1.82, 2.24) is 25.1 Å². The molecule has 0 aromatic carbocycles. The molecule has 3 rings (SSSR count). The molecular formula is C13H21N5S. The Morgan fingerprint density at radius 2 is 2.00 bits per heavy atom. The van der Waals surface area contributed by atoms with Gasteiger partial charge in [-0.05, 0) is 12.8 Å². The van der Waals surface area contributed by atoms with E-state index >= 15 is 0 Å². The van der Waals surface area contributed by atoms with Gasteiger partial charge in [0, 0.05) is 18.0 Å². The lowest BCUT2D eigenvalue weighted by atomic mass is 9.96. The summed E-state index contributed by atoms with van der Waals surface area (Å²) in [6, 6.07) is 0.677. The molecule has 2 heterocycles. The number of fused-ring (bicyclic) bond motifs is 1. The number of nitrogens with zero attached hydrogens (tertiary/aromatic N) is 4. The van der Waals surface area contributed by atoms with Crippen molar-refractivity contribution in [2.24, 2.45) is 0 Å². The van der Waals surface area contributed by atoms with Crippen molar-refractivity contribution >= 4 is 16.3 Å². The molecule has 0 radical (unpaired) electrons. The Bertz CT molecular complexity index is 559. The second kappa shape index (κ2) is 4.83. The largest absolute Gasteiger partial charge is 0.308 e. The first kappa shape index (κ1) is 13.0. The van der Waals surface area contributed by atoms with Crippen LogP contribution in [0.25, 0.3) is 4.96 Å². The third kappa shape index (κ3) is 2.65. The van der Waals surface area contributed by atoms with E-state index in [1.807, 2.05) is 4.52 Å². The number of hydrogen-bond donors (Lipinski definition) is 1. The van der Waals surface area contributed by atoms with Crippen molar-refractivity contribution in [3.05, 3.63) is 10.8 Å². The first-order valence-corrected chi connectivity index (χ1v) is 7.81. The van der Waals surface area contributed by atoms with Crippen LogP contribution in [0.1, 0.15) is 57.3 Å². The van der Waals surface area contributed by atoms with Crippen LogP contribution >= 0.6 is 11.3 Å². The third-order valence-corrected chi connectivity index (χ3v) is 4.50. The van der Waals surface area contributed by atoms with Crippen LogP contribution in [0.2, 0.25) is 0 Å². The first-order valence-electron chi connectivity index (χ1n) is 6.99. The molecule has 1 fully saturated rings. The van der Waals surface area contributed by atoms with Crippen molar-refractivity contribution in [2.45, 2.75) is 64.5 Å². The average molecular weight is 279 g/mol. The van der Waals surface area contributed by atoms with Crippen LogP contribution in [0.15, 0.2) is 0 Å². The number of aromatic nitrogens is 4. The molecule has 1 N–H and O–H groups in total. The van der Waals surface area contributed by atoms with Gasteiger partial charge >= 0.3 is 0 Å². The zero-order valence-corrected chi connectivity index (χ0v) is 12.6. The Labute approximate surface area is 117 Å². The average Bonchev–Trinajstić information content (AvgIpc) is 3.00. The Balaban J connectivity index is 1.76. The predicted octanol–water partition coefficient (Wildman–Crippen LogP) is 2.52. The second-order valence-electron chi connectivity index (χ2n) is 6.33. The highest BCUT2D eigenvalue weighted by molar-refractivity contribution is 7.16. The van der Waals surface area contributed by atoms with E-state index in [0.29, 0.717) is 6.04 Å². The van der Waals surface area contributed by atoms with Gasteiger partial charge in [-0.1, -0.05) is 44.9 Å². The van der Waals surface area contributed by atoms with Crippen LogP contribution in [0.3, 0.4) is 0 Å². The Hall–Kier alpha value is -1.01. The minimum absolute atomic E-state index is 0.0242. The summed E-state index contributed by atoms with van der Waals surface area (Å²) in [6.45, 7) is 7.26. The van der Waals surface area contributed by atoms with Crippen molar-refractivity contribution in [2.75, 3.05) is 0 Å². The summed E-state index contributed by atoms with van der Waals surface area (Å²) in [4.78, 5) is 0.896. The molecule has 6 heteroatoms.